The van der Waals surface area contributed by atoms with E-state index in [1.807, 2.05) is 13.8 Å². The van der Waals surface area contributed by atoms with Crippen molar-refractivity contribution in [1.82, 2.24) is 5.32 Å². The lowest BCUT2D eigenvalue weighted by molar-refractivity contribution is -0.124. The highest BCUT2D eigenvalue weighted by atomic mass is 16.3. The van der Waals surface area contributed by atoms with E-state index in [1.54, 1.807) is 0 Å². The predicted octanol–water partition coefficient (Wildman–Crippen LogP) is 1.42. The van der Waals surface area contributed by atoms with Crippen LogP contribution in [0.2, 0.25) is 0 Å². The van der Waals surface area contributed by atoms with Gasteiger partial charge < -0.3 is 16.2 Å². The number of rotatable bonds is 5. The van der Waals surface area contributed by atoms with E-state index in [4.69, 9.17) is 5.73 Å². The Morgan fingerprint density at radius 1 is 1.56 bits per heavy atom. The molecule has 0 saturated heterocycles. The van der Waals surface area contributed by atoms with Gasteiger partial charge in [0.1, 0.15) is 0 Å². The van der Waals surface area contributed by atoms with E-state index in [1.165, 1.54) is 6.42 Å². The highest BCUT2D eigenvalue weighted by Gasteiger charge is 2.33. The van der Waals surface area contributed by atoms with Crippen LogP contribution in [-0.4, -0.2) is 29.2 Å². The summed E-state index contributed by atoms with van der Waals surface area (Å²) in [7, 11) is 0. The van der Waals surface area contributed by atoms with Crippen LogP contribution in [0.25, 0.3) is 0 Å². The minimum atomic E-state index is -0.731. The fraction of sp³-hybridized carbons (Fsp3) is 0.929. The number of carbonyl (C=O) groups excluding carboxylic acids is 1. The quantitative estimate of drug-likeness (QED) is 0.696. The van der Waals surface area contributed by atoms with E-state index in [0.717, 1.165) is 19.3 Å². The van der Waals surface area contributed by atoms with Crippen molar-refractivity contribution in [1.29, 1.82) is 0 Å². The van der Waals surface area contributed by atoms with Crippen molar-refractivity contribution >= 4 is 5.91 Å². The number of nitrogens with one attached hydrogen (secondary N) is 1. The lowest BCUT2D eigenvalue weighted by Crippen LogP contribution is -2.50. The molecule has 18 heavy (non-hydrogen) atoms. The first-order chi connectivity index (χ1) is 8.32. The molecule has 0 aromatic rings. The number of carbonyl (C=O) groups is 1. The molecule has 3 atom stereocenters. The molecule has 1 saturated carbocycles. The number of nitrogens with two attached hydrogens (primary N) is 1. The summed E-state index contributed by atoms with van der Waals surface area (Å²) in [4.78, 5) is 11.8. The van der Waals surface area contributed by atoms with Gasteiger partial charge in [0.05, 0.1) is 11.6 Å². The molecule has 1 fully saturated rings. The molecule has 0 aliphatic heterocycles. The van der Waals surface area contributed by atoms with Crippen molar-refractivity contribution < 1.29 is 9.90 Å². The van der Waals surface area contributed by atoms with E-state index in [2.05, 4.69) is 12.2 Å². The van der Waals surface area contributed by atoms with Crippen molar-refractivity contribution in [2.75, 3.05) is 6.54 Å². The number of aliphatic hydroxyl groups is 1. The van der Waals surface area contributed by atoms with Crippen molar-refractivity contribution in [2.45, 2.75) is 64.5 Å². The molecule has 0 bridgehead atoms. The normalized spacial score (nSPS) is 30.2. The van der Waals surface area contributed by atoms with Gasteiger partial charge in [0, 0.05) is 6.54 Å². The van der Waals surface area contributed by atoms with Gasteiger partial charge in [0.15, 0.2) is 0 Å². The van der Waals surface area contributed by atoms with Crippen LogP contribution in [-0.2, 0) is 4.79 Å². The molecule has 0 aromatic heterocycles. The van der Waals surface area contributed by atoms with Gasteiger partial charge in [-0.2, -0.15) is 0 Å². The summed E-state index contributed by atoms with van der Waals surface area (Å²) in [5.74, 6) is 0.795. The van der Waals surface area contributed by atoms with Crippen LogP contribution < -0.4 is 11.1 Å². The van der Waals surface area contributed by atoms with Gasteiger partial charge in [-0.3, -0.25) is 4.79 Å². The molecule has 1 aliphatic rings. The molecule has 0 radical (unpaired) electrons. The third-order valence-electron chi connectivity index (χ3n) is 3.72. The second-order valence-electron chi connectivity index (χ2n) is 6.38. The van der Waals surface area contributed by atoms with Crippen molar-refractivity contribution in [3.8, 4) is 0 Å². The highest BCUT2D eigenvalue weighted by molar-refractivity contribution is 5.81. The molecule has 2 unspecified atom stereocenters. The maximum atomic E-state index is 11.8. The Labute approximate surface area is 110 Å². The van der Waals surface area contributed by atoms with E-state index in [9.17, 15) is 9.90 Å². The minimum absolute atomic E-state index is 0.143. The average Bonchev–Trinajstić information content (AvgIpc) is 2.24. The zero-order valence-electron chi connectivity index (χ0n) is 11.9. The van der Waals surface area contributed by atoms with Gasteiger partial charge in [-0.05, 0) is 31.1 Å². The minimum Gasteiger partial charge on any atom is -0.388 e. The summed E-state index contributed by atoms with van der Waals surface area (Å²) in [6.07, 6.45) is 4.43. The van der Waals surface area contributed by atoms with Gasteiger partial charge in [0.25, 0.3) is 0 Å². The molecule has 1 aliphatic carbocycles. The van der Waals surface area contributed by atoms with E-state index >= 15 is 0 Å². The van der Waals surface area contributed by atoms with Crippen molar-refractivity contribution in [3.63, 3.8) is 0 Å². The number of hydrogen-bond acceptors (Lipinski definition) is 3. The molecule has 0 heterocycles. The zero-order chi connectivity index (χ0) is 13.8. The van der Waals surface area contributed by atoms with Crippen LogP contribution in [0.4, 0.5) is 0 Å². The Kier molecular flexibility index (Phi) is 5.60. The Morgan fingerprint density at radius 2 is 2.22 bits per heavy atom. The second-order valence-corrected chi connectivity index (χ2v) is 6.38. The smallest absolute Gasteiger partial charge is 0.237 e. The molecule has 4 nitrogen and oxygen atoms in total. The maximum absolute atomic E-state index is 11.8. The molecule has 1 rings (SSSR count). The Hall–Kier alpha value is -0.610. The van der Waals surface area contributed by atoms with Gasteiger partial charge >= 0.3 is 0 Å². The predicted molar refractivity (Wildman–Crippen MR) is 73.0 cm³/mol. The van der Waals surface area contributed by atoms with Gasteiger partial charge in [0.2, 0.25) is 5.91 Å². The number of hydrogen-bond donors (Lipinski definition) is 3. The molecule has 0 aromatic carbocycles. The second kappa shape index (κ2) is 6.53. The SMILES string of the molecule is CC(C)C[C@H](N)C(=O)NCC1(O)CCCC(C)C1. The topological polar surface area (TPSA) is 75.4 Å². The first-order valence-corrected chi connectivity index (χ1v) is 7.08. The van der Waals surface area contributed by atoms with Crippen molar-refractivity contribution in [3.05, 3.63) is 0 Å². The van der Waals surface area contributed by atoms with Gasteiger partial charge in [-0.15, -0.1) is 0 Å². The Morgan fingerprint density at radius 3 is 2.78 bits per heavy atom. The summed E-state index contributed by atoms with van der Waals surface area (Å²) < 4.78 is 0. The molecule has 4 N–H and O–H groups in total. The van der Waals surface area contributed by atoms with Crippen LogP contribution in [0.3, 0.4) is 0 Å². The third kappa shape index (κ3) is 4.94. The van der Waals surface area contributed by atoms with E-state index in [-0.39, 0.29) is 5.91 Å². The fourth-order valence-electron chi connectivity index (χ4n) is 2.79. The van der Waals surface area contributed by atoms with E-state index < -0.39 is 11.6 Å². The maximum Gasteiger partial charge on any atom is 0.237 e. The third-order valence-corrected chi connectivity index (χ3v) is 3.72. The molecule has 106 valence electrons. The number of amides is 1. The standard InChI is InChI=1S/C14H28N2O2/c1-10(2)7-12(15)13(17)16-9-14(18)6-4-5-11(3)8-14/h10-12,18H,4-9,15H2,1-3H3,(H,16,17)/t11?,12-,14?/m0/s1. The molecular formula is C14H28N2O2. The zero-order valence-corrected chi connectivity index (χ0v) is 11.9. The molecule has 0 spiro atoms. The summed E-state index contributed by atoms with van der Waals surface area (Å²) in [5, 5.41) is 13.2. The summed E-state index contributed by atoms with van der Waals surface area (Å²) in [5.41, 5.74) is 5.08. The largest absolute Gasteiger partial charge is 0.388 e. The Bertz CT molecular complexity index is 281. The first-order valence-electron chi connectivity index (χ1n) is 7.08. The van der Waals surface area contributed by atoms with E-state index in [0.29, 0.717) is 24.8 Å². The monoisotopic (exact) mass is 256 g/mol. The van der Waals surface area contributed by atoms with Crippen LogP contribution in [0.5, 0.6) is 0 Å². The van der Waals surface area contributed by atoms with Crippen LogP contribution in [0.1, 0.15) is 52.9 Å². The summed E-state index contributed by atoms with van der Waals surface area (Å²) in [6.45, 7) is 6.57. The molecular weight excluding hydrogens is 228 g/mol. The van der Waals surface area contributed by atoms with Crippen molar-refractivity contribution in [2.24, 2.45) is 17.6 Å². The fourth-order valence-corrected chi connectivity index (χ4v) is 2.79. The molecule has 1 amide bonds. The highest BCUT2D eigenvalue weighted by Crippen LogP contribution is 2.31. The summed E-state index contributed by atoms with van der Waals surface area (Å²) in [6, 6.07) is -0.463. The first kappa shape index (κ1) is 15.4. The summed E-state index contributed by atoms with van der Waals surface area (Å²) >= 11 is 0. The lowest BCUT2D eigenvalue weighted by Gasteiger charge is -2.35. The average molecular weight is 256 g/mol. The van der Waals surface area contributed by atoms with Gasteiger partial charge in [-0.25, -0.2) is 0 Å². The lowest BCUT2D eigenvalue weighted by atomic mass is 9.79. The van der Waals surface area contributed by atoms with Crippen LogP contribution in [0, 0.1) is 11.8 Å². The van der Waals surface area contributed by atoms with Gasteiger partial charge in [-0.1, -0.05) is 33.6 Å². The Balaban J connectivity index is 2.37. The van der Waals surface area contributed by atoms with Crippen LogP contribution in [0.15, 0.2) is 0 Å². The molecule has 4 heteroatoms. The van der Waals surface area contributed by atoms with Crippen LogP contribution >= 0.6 is 0 Å².